The molecule has 4 heterocycles. The number of likely N-dealkylation sites (N-methyl/N-ethyl adjacent to an activating group) is 1. The maximum absolute atomic E-state index is 12.6. The van der Waals surface area contributed by atoms with E-state index < -0.39 is 5.60 Å². The van der Waals surface area contributed by atoms with Gasteiger partial charge in [-0.2, -0.15) is 4.98 Å². The largest absolute Gasteiger partial charge is 0.385 e. The second-order valence-corrected chi connectivity index (χ2v) is 10.5. The van der Waals surface area contributed by atoms with Gasteiger partial charge in [-0.1, -0.05) is 23.7 Å². The summed E-state index contributed by atoms with van der Waals surface area (Å²) in [5.74, 6) is 0.522. The summed E-state index contributed by atoms with van der Waals surface area (Å²) >= 11 is 6.03. The lowest BCUT2D eigenvalue weighted by Crippen LogP contribution is -2.58. The quantitative estimate of drug-likeness (QED) is 0.349. The summed E-state index contributed by atoms with van der Waals surface area (Å²) in [6.45, 7) is 2.85. The summed E-state index contributed by atoms with van der Waals surface area (Å²) in [4.78, 5) is 21.5. The number of amides is 1. The van der Waals surface area contributed by atoms with Crippen LogP contribution in [0.3, 0.4) is 0 Å². The zero-order valence-electron chi connectivity index (χ0n) is 21.1. The van der Waals surface area contributed by atoms with E-state index in [2.05, 4.69) is 20.6 Å². The minimum Gasteiger partial charge on any atom is -0.385 e. The molecule has 0 unspecified atom stereocenters. The van der Waals surface area contributed by atoms with Gasteiger partial charge in [-0.05, 0) is 74.0 Å². The van der Waals surface area contributed by atoms with Crippen LogP contribution in [0.15, 0.2) is 66.9 Å². The molecule has 0 radical (unpaired) electrons. The van der Waals surface area contributed by atoms with Crippen LogP contribution in [-0.2, 0) is 5.60 Å². The maximum Gasteiger partial charge on any atom is 0.253 e. The highest BCUT2D eigenvalue weighted by molar-refractivity contribution is 6.30. The summed E-state index contributed by atoms with van der Waals surface area (Å²) in [7, 11) is 1.91. The van der Waals surface area contributed by atoms with Gasteiger partial charge in [0, 0.05) is 54.7 Å². The average molecular weight is 532 g/mol. The molecular weight excluding hydrogens is 502 g/mol. The van der Waals surface area contributed by atoms with E-state index in [0.717, 1.165) is 35.7 Å². The van der Waals surface area contributed by atoms with Crippen molar-refractivity contribution in [3.63, 3.8) is 0 Å². The third kappa shape index (κ3) is 4.69. The van der Waals surface area contributed by atoms with Gasteiger partial charge in [-0.25, -0.2) is 4.52 Å². The first-order valence-corrected chi connectivity index (χ1v) is 13.2. The van der Waals surface area contributed by atoms with Gasteiger partial charge in [0.2, 0.25) is 5.95 Å². The molecule has 0 spiro atoms. The van der Waals surface area contributed by atoms with Crippen LogP contribution >= 0.6 is 11.6 Å². The van der Waals surface area contributed by atoms with Crippen molar-refractivity contribution >= 4 is 40.5 Å². The van der Waals surface area contributed by atoms with Crippen LogP contribution in [0.4, 0.5) is 17.3 Å². The number of fused-ring (bicyclic) bond motifs is 1. The highest BCUT2D eigenvalue weighted by Crippen LogP contribution is 2.36. The molecule has 196 valence electrons. The second-order valence-electron chi connectivity index (χ2n) is 10.0. The summed E-state index contributed by atoms with van der Waals surface area (Å²) < 4.78 is 1.76. The number of likely N-dealkylation sites (tertiary alicyclic amines) is 1. The van der Waals surface area contributed by atoms with E-state index in [9.17, 15) is 9.90 Å². The van der Waals surface area contributed by atoms with E-state index in [1.807, 2.05) is 78.8 Å². The second kappa shape index (κ2) is 9.90. The van der Waals surface area contributed by atoms with Crippen LogP contribution in [0.25, 0.3) is 5.65 Å². The molecule has 0 atom stereocenters. The van der Waals surface area contributed by atoms with Crippen molar-refractivity contribution < 1.29 is 9.90 Å². The number of halogens is 1. The molecule has 0 bridgehead atoms. The fourth-order valence-electron chi connectivity index (χ4n) is 5.19. The third-order valence-electron chi connectivity index (χ3n) is 7.62. The number of nitrogens with zero attached hydrogens (tertiary/aromatic N) is 5. The van der Waals surface area contributed by atoms with Gasteiger partial charge in [-0.15, -0.1) is 5.10 Å². The number of aliphatic hydroxyl groups is 1. The number of hydrogen-bond acceptors (Lipinski definition) is 7. The molecule has 2 aromatic heterocycles. The van der Waals surface area contributed by atoms with Gasteiger partial charge in [0.05, 0.1) is 11.3 Å². The molecule has 38 heavy (non-hydrogen) atoms. The lowest BCUT2D eigenvalue weighted by Gasteiger charge is -2.39. The van der Waals surface area contributed by atoms with Gasteiger partial charge >= 0.3 is 0 Å². The van der Waals surface area contributed by atoms with E-state index in [1.54, 1.807) is 4.52 Å². The number of hydrogen-bond donors (Lipinski definition) is 3. The van der Waals surface area contributed by atoms with Crippen molar-refractivity contribution in [3.05, 3.63) is 83.0 Å². The van der Waals surface area contributed by atoms with E-state index in [0.29, 0.717) is 48.5 Å². The Morgan fingerprint density at radius 1 is 1.05 bits per heavy atom. The van der Waals surface area contributed by atoms with Gasteiger partial charge < -0.3 is 25.5 Å². The van der Waals surface area contributed by atoms with Crippen LogP contribution in [-0.4, -0.2) is 69.8 Å². The van der Waals surface area contributed by atoms with Crippen LogP contribution in [0.1, 0.15) is 28.8 Å². The smallest absolute Gasteiger partial charge is 0.253 e. The highest BCUT2D eigenvalue weighted by Gasteiger charge is 2.35. The molecule has 4 aromatic rings. The number of carbonyl (C=O) groups is 1. The topological polar surface area (TPSA) is 98.0 Å². The Bertz CT molecular complexity index is 1440. The number of anilines is 3. The number of rotatable bonds is 6. The first-order chi connectivity index (χ1) is 18.4. The maximum atomic E-state index is 12.6. The minimum atomic E-state index is -0.871. The zero-order valence-corrected chi connectivity index (χ0v) is 21.9. The molecule has 9 nitrogen and oxygen atoms in total. The average Bonchev–Trinajstić information content (AvgIpc) is 3.32. The number of piperidine rings is 1. The Morgan fingerprint density at radius 3 is 2.45 bits per heavy atom. The zero-order chi connectivity index (χ0) is 26.3. The Morgan fingerprint density at radius 2 is 1.76 bits per heavy atom. The van der Waals surface area contributed by atoms with Gasteiger partial charge in [0.1, 0.15) is 0 Å². The van der Waals surface area contributed by atoms with Gasteiger partial charge in [0.25, 0.3) is 5.91 Å². The number of benzene rings is 2. The fraction of sp³-hybridized carbons (Fsp3) is 0.321. The molecule has 6 rings (SSSR count). The number of pyridine rings is 1. The highest BCUT2D eigenvalue weighted by atomic mass is 35.5. The van der Waals surface area contributed by atoms with Crippen molar-refractivity contribution in [3.8, 4) is 0 Å². The predicted molar refractivity (Wildman–Crippen MR) is 148 cm³/mol. The van der Waals surface area contributed by atoms with Crippen LogP contribution in [0, 0.1) is 0 Å². The normalized spacial score (nSPS) is 17.4. The van der Waals surface area contributed by atoms with E-state index in [4.69, 9.17) is 16.6 Å². The summed E-state index contributed by atoms with van der Waals surface area (Å²) in [5, 5.41) is 23.0. The number of aromatic nitrogens is 3. The molecule has 0 aliphatic carbocycles. The lowest BCUT2D eigenvalue weighted by atomic mass is 9.84. The van der Waals surface area contributed by atoms with Crippen molar-refractivity contribution in [2.24, 2.45) is 0 Å². The van der Waals surface area contributed by atoms with E-state index in [-0.39, 0.29) is 5.91 Å². The van der Waals surface area contributed by atoms with Crippen molar-refractivity contribution in [1.29, 1.82) is 0 Å². The minimum absolute atomic E-state index is 0.0445. The van der Waals surface area contributed by atoms with Crippen LogP contribution in [0.5, 0.6) is 0 Å². The van der Waals surface area contributed by atoms with Gasteiger partial charge in [0.15, 0.2) is 5.65 Å². The standard InChI is InChI=1S/C28H30ClN7O2/c1-30-23-17-35(18-23)26(37)19-4-10-22(11-5-19)31-27-32-25-24(3-2-14-36(25)33-27)34-15-12-28(38,13-16-34)20-6-8-21(29)9-7-20/h2-11,14,23,30,38H,12-13,15-18H2,1H3,(H,31,33). The lowest BCUT2D eigenvalue weighted by molar-refractivity contribution is 0.0118. The van der Waals surface area contributed by atoms with Crippen molar-refractivity contribution in [1.82, 2.24) is 24.8 Å². The Labute approximate surface area is 226 Å². The number of carbonyl (C=O) groups excluding carboxylic acids is 1. The number of nitrogens with one attached hydrogen (secondary N) is 2. The Hall–Kier alpha value is -3.66. The van der Waals surface area contributed by atoms with Crippen LogP contribution < -0.4 is 15.5 Å². The monoisotopic (exact) mass is 531 g/mol. The van der Waals surface area contributed by atoms with Crippen molar-refractivity contribution in [2.75, 3.05) is 43.4 Å². The summed E-state index contributed by atoms with van der Waals surface area (Å²) in [5.41, 5.74) is 3.22. The third-order valence-corrected chi connectivity index (χ3v) is 7.87. The Balaban J connectivity index is 1.14. The summed E-state index contributed by atoms with van der Waals surface area (Å²) in [6, 6.07) is 19.2. The molecule has 2 aromatic carbocycles. The van der Waals surface area contributed by atoms with E-state index >= 15 is 0 Å². The molecule has 2 saturated heterocycles. The molecule has 2 aliphatic heterocycles. The SMILES string of the molecule is CNC1CN(C(=O)c2ccc(Nc3nc4c(N5CCC(O)(c6ccc(Cl)cc6)CC5)cccn4n3)cc2)C1. The molecule has 2 aliphatic rings. The van der Waals surface area contributed by atoms with E-state index in [1.165, 1.54) is 0 Å². The molecule has 2 fully saturated rings. The molecule has 1 amide bonds. The van der Waals surface area contributed by atoms with Gasteiger partial charge in [-0.3, -0.25) is 4.79 Å². The fourth-order valence-corrected chi connectivity index (χ4v) is 5.32. The molecule has 10 heteroatoms. The van der Waals surface area contributed by atoms with Crippen LogP contribution in [0.2, 0.25) is 5.02 Å². The molecular formula is C28H30ClN7O2. The molecule has 3 N–H and O–H groups in total. The first-order valence-electron chi connectivity index (χ1n) is 12.8. The molecule has 0 saturated carbocycles. The summed E-state index contributed by atoms with van der Waals surface area (Å²) in [6.07, 6.45) is 3.08. The van der Waals surface area contributed by atoms with Crippen molar-refractivity contribution in [2.45, 2.75) is 24.5 Å². The predicted octanol–water partition coefficient (Wildman–Crippen LogP) is 3.66. The first kappa shape index (κ1) is 24.7. The Kier molecular flexibility index (Phi) is 6.43.